The topological polar surface area (TPSA) is 107 Å². The van der Waals surface area contributed by atoms with Crippen LogP contribution < -0.4 is 14.4 Å². The first-order chi connectivity index (χ1) is 22.1. The Morgan fingerprint density at radius 2 is 2.07 bits per heavy atom. The monoisotopic (exact) mass is 667 g/mol. The first kappa shape index (κ1) is 31.5. The van der Waals surface area contributed by atoms with Crippen LogP contribution in [-0.2, 0) is 31.2 Å². The van der Waals surface area contributed by atoms with Crippen molar-refractivity contribution in [3.05, 3.63) is 70.3 Å². The van der Waals surface area contributed by atoms with Crippen molar-refractivity contribution in [1.82, 2.24) is 4.72 Å². The number of nitrogens with zero attached hydrogens (tertiary/aromatic N) is 2. The Labute approximate surface area is 276 Å². The molecule has 3 aliphatic carbocycles. The molecule has 2 aromatic rings. The number of methoxy groups -OCH3 is 1. The summed E-state index contributed by atoms with van der Waals surface area (Å²) < 4.78 is 38.0. The largest absolute Gasteiger partial charge is 0.490 e. The molecular weight excluding hydrogens is 626 g/mol. The zero-order valence-corrected chi connectivity index (χ0v) is 28.3. The van der Waals surface area contributed by atoms with Crippen molar-refractivity contribution in [2.24, 2.45) is 21.1 Å². The molecule has 2 heterocycles. The zero-order chi connectivity index (χ0) is 32.3. The number of halogens is 1. The molecule has 246 valence electrons. The first-order valence-corrected chi connectivity index (χ1v) is 18.4. The Kier molecular flexibility index (Phi) is 7.92. The Balaban J connectivity index is 1.32. The molecule has 9 nitrogen and oxygen atoms in total. The number of ether oxygens (including phenoxy) is 3. The van der Waals surface area contributed by atoms with E-state index in [1.54, 1.807) is 20.1 Å². The minimum Gasteiger partial charge on any atom is -0.490 e. The van der Waals surface area contributed by atoms with Crippen LogP contribution in [0.4, 0.5) is 10.5 Å². The van der Waals surface area contributed by atoms with Gasteiger partial charge in [-0.3, -0.25) is 4.79 Å². The lowest BCUT2D eigenvalue weighted by Crippen LogP contribution is -2.47. The molecule has 2 amide bonds. The number of benzene rings is 2. The highest BCUT2D eigenvalue weighted by atomic mass is 35.5. The summed E-state index contributed by atoms with van der Waals surface area (Å²) in [6, 6.07) is 11.6. The van der Waals surface area contributed by atoms with E-state index in [1.807, 2.05) is 18.2 Å². The highest BCUT2D eigenvalue weighted by molar-refractivity contribution is 7.92. The fourth-order valence-electron chi connectivity index (χ4n) is 8.71. The summed E-state index contributed by atoms with van der Waals surface area (Å²) in [4.78, 5) is 28.4. The highest BCUT2D eigenvalue weighted by Crippen LogP contribution is 2.91. The van der Waals surface area contributed by atoms with E-state index in [-0.39, 0.29) is 34.7 Å². The molecule has 5 aliphatic rings. The lowest BCUT2D eigenvalue weighted by Gasteiger charge is -2.41. The molecule has 2 aromatic carbocycles. The van der Waals surface area contributed by atoms with Crippen molar-refractivity contribution in [2.75, 3.05) is 44.1 Å². The van der Waals surface area contributed by atoms with Gasteiger partial charge in [-0.1, -0.05) is 36.7 Å². The zero-order valence-electron chi connectivity index (χ0n) is 26.7. The molecule has 0 unspecified atom stereocenters. The Morgan fingerprint density at radius 1 is 1.22 bits per heavy atom. The van der Waals surface area contributed by atoms with Crippen LogP contribution in [0.3, 0.4) is 0 Å². The van der Waals surface area contributed by atoms with Crippen molar-refractivity contribution in [1.29, 1.82) is 0 Å². The van der Waals surface area contributed by atoms with E-state index < -0.39 is 21.9 Å². The Hall–Kier alpha value is -3.08. The molecule has 2 aliphatic heterocycles. The van der Waals surface area contributed by atoms with E-state index in [9.17, 15) is 13.8 Å². The number of hydrogen-bond donors (Lipinski definition) is 1. The minimum absolute atomic E-state index is 0.0107. The standard InChI is InChI=1S/C35H42ClN3O6S/c1-4-44-32(41)38-46(42)16-7-5-6-10-29(43-3)30-33(2)19-35(30,33)21-39-20-34(15-8-9-23-17-25(36)12-13-26(23)34)22-45-28-14-11-24(18-27(28)39)31(40)37-46/h6,10-14,17-18,29-30H,4-5,7-9,15-16,19-22H2,1-3H3,(H,37,38,40,41,42)/b10-6+/t29-,30+,33-,34-,35-,46-/m0/s1. The van der Waals surface area contributed by atoms with Crippen LogP contribution in [0.2, 0.25) is 5.02 Å². The molecule has 2 spiro atoms. The number of fused-ring (bicyclic) bond motifs is 4. The molecule has 7 rings (SSSR count). The second kappa shape index (κ2) is 11.6. The van der Waals surface area contributed by atoms with Crippen LogP contribution in [0.1, 0.15) is 67.4 Å². The average Bonchev–Trinajstić information content (AvgIpc) is 3.81. The van der Waals surface area contributed by atoms with Crippen LogP contribution in [0.15, 0.2) is 52.9 Å². The molecule has 2 bridgehead atoms. The van der Waals surface area contributed by atoms with Crippen molar-refractivity contribution < 1.29 is 28.0 Å². The highest BCUT2D eigenvalue weighted by Gasteiger charge is 2.89. The third-order valence-corrected chi connectivity index (χ3v) is 13.1. The van der Waals surface area contributed by atoms with Crippen LogP contribution >= 0.6 is 11.6 Å². The normalized spacial score (nSPS) is 35.3. The predicted octanol–water partition coefficient (Wildman–Crippen LogP) is 6.47. The van der Waals surface area contributed by atoms with E-state index in [0.717, 1.165) is 49.5 Å². The number of aryl methyl sites for hydroxylation is 1. The number of allylic oxidation sites excluding steroid dienone is 1. The molecule has 2 fully saturated rings. The van der Waals surface area contributed by atoms with Gasteiger partial charge in [-0.15, -0.1) is 4.36 Å². The van der Waals surface area contributed by atoms with Gasteiger partial charge in [-0.2, -0.15) is 0 Å². The fraction of sp³-hybridized carbons (Fsp3) is 0.543. The number of carbonyl (C=O) groups is 2. The van der Waals surface area contributed by atoms with Crippen LogP contribution in [0, 0.1) is 16.7 Å². The molecule has 1 N–H and O–H groups in total. The number of anilines is 1. The van der Waals surface area contributed by atoms with Gasteiger partial charge in [0.1, 0.15) is 15.7 Å². The molecule has 11 heteroatoms. The minimum atomic E-state index is -3.44. The van der Waals surface area contributed by atoms with Gasteiger partial charge in [0.2, 0.25) is 0 Å². The summed E-state index contributed by atoms with van der Waals surface area (Å²) in [5, 5.41) is 0.742. The van der Waals surface area contributed by atoms with Gasteiger partial charge in [0, 0.05) is 47.5 Å². The summed E-state index contributed by atoms with van der Waals surface area (Å²) in [5.41, 5.74) is 3.68. The molecule has 6 atom stereocenters. The first-order valence-electron chi connectivity index (χ1n) is 16.3. The van der Waals surface area contributed by atoms with E-state index in [0.29, 0.717) is 36.7 Å². The molecule has 0 saturated heterocycles. The maximum atomic E-state index is 13.9. The fourth-order valence-corrected chi connectivity index (χ4v) is 10.4. The summed E-state index contributed by atoms with van der Waals surface area (Å²) in [7, 11) is -1.67. The van der Waals surface area contributed by atoms with Crippen molar-refractivity contribution in [3.8, 4) is 5.75 Å². The molecule has 0 aromatic heterocycles. The number of nitrogens with one attached hydrogen (secondary N) is 1. The smallest absolute Gasteiger partial charge is 0.419 e. The van der Waals surface area contributed by atoms with E-state index in [1.165, 1.54) is 11.1 Å². The van der Waals surface area contributed by atoms with Gasteiger partial charge in [-0.25, -0.2) is 13.7 Å². The third-order valence-electron chi connectivity index (χ3n) is 11.1. The van der Waals surface area contributed by atoms with E-state index >= 15 is 0 Å². The second-order valence-electron chi connectivity index (χ2n) is 13.8. The van der Waals surface area contributed by atoms with Crippen molar-refractivity contribution in [3.63, 3.8) is 0 Å². The quantitative estimate of drug-likeness (QED) is 0.374. The molecule has 2 saturated carbocycles. The average molecular weight is 668 g/mol. The van der Waals surface area contributed by atoms with Crippen molar-refractivity contribution >= 4 is 39.2 Å². The van der Waals surface area contributed by atoms with Gasteiger partial charge in [0.05, 0.1) is 30.8 Å². The lowest BCUT2D eigenvalue weighted by molar-refractivity contribution is 0.0895. The number of amides is 2. The second-order valence-corrected chi connectivity index (χ2v) is 16.3. The summed E-state index contributed by atoms with van der Waals surface area (Å²) in [5.74, 6) is 0.434. The van der Waals surface area contributed by atoms with E-state index in [2.05, 4.69) is 45.2 Å². The lowest BCUT2D eigenvalue weighted by atomic mass is 9.70. The number of carbonyl (C=O) groups excluding carboxylic acids is 2. The van der Waals surface area contributed by atoms with Crippen LogP contribution in [0.5, 0.6) is 5.75 Å². The predicted molar refractivity (Wildman–Crippen MR) is 178 cm³/mol. The summed E-state index contributed by atoms with van der Waals surface area (Å²) >= 11 is 6.44. The number of rotatable bonds is 3. The maximum Gasteiger partial charge on any atom is 0.419 e. The van der Waals surface area contributed by atoms with Gasteiger partial charge in [-0.05, 0) is 92.3 Å². The molecular formula is C35H42ClN3O6S. The van der Waals surface area contributed by atoms with Gasteiger partial charge < -0.3 is 19.1 Å². The van der Waals surface area contributed by atoms with Crippen LogP contribution in [-0.4, -0.2) is 61.5 Å². The molecule has 46 heavy (non-hydrogen) atoms. The van der Waals surface area contributed by atoms with Gasteiger partial charge in [0.25, 0.3) is 5.91 Å². The third kappa shape index (κ3) is 5.30. The maximum absolute atomic E-state index is 13.9. The Bertz CT molecular complexity index is 1740. The van der Waals surface area contributed by atoms with Crippen LogP contribution in [0.25, 0.3) is 0 Å². The number of hydrogen-bond acceptors (Lipinski definition) is 7. The van der Waals surface area contributed by atoms with Gasteiger partial charge in [0.15, 0.2) is 0 Å². The summed E-state index contributed by atoms with van der Waals surface area (Å²) in [6.45, 7) is 6.17. The molecule has 0 radical (unpaired) electrons. The Morgan fingerprint density at radius 3 is 2.85 bits per heavy atom. The van der Waals surface area contributed by atoms with E-state index in [4.69, 9.17) is 25.8 Å². The van der Waals surface area contributed by atoms with Crippen molar-refractivity contribution in [2.45, 2.75) is 63.9 Å². The van der Waals surface area contributed by atoms with Gasteiger partial charge >= 0.3 is 6.09 Å². The SMILES string of the molecule is CCOC(=O)N[S@@]1(=O)=NC(=O)c2ccc3c(c2)N(C[C@@]2(CCCc4cc(Cl)ccc42)CO3)C[C@]23C[C@@]2(C)[C@H]3[C@@H](OC)/C=C/CCC1. The summed E-state index contributed by atoms with van der Waals surface area (Å²) in [6.07, 6.45) is 8.47.